The Labute approximate surface area is 121 Å². The number of benzene rings is 1. The Morgan fingerprint density at radius 1 is 1.48 bits per heavy atom. The van der Waals surface area contributed by atoms with Crippen LogP contribution in [-0.2, 0) is 0 Å². The first-order valence-corrected chi connectivity index (χ1v) is 6.79. The SMILES string of the molecule is Cc1cc(C(=O)Nc2ccc(F)cc2OCC2CC2)on1. The summed E-state index contributed by atoms with van der Waals surface area (Å²) in [6.07, 6.45) is 2.27. The van der Waals surface area contributed by atoms with E-state index in [1.165, 1.54) is 24.3 Å². The van der Waals surface area contributed by atoms with Crippen molar-refractivity contribution >= 4 is 11.6 Å². The van der Waals surface area contributed by atoms with E-state index in [1.807, 2.05) is 0 Å². The average Bonchev–Trinajstić information content (AvgIpc) is 3.19. The van der Waals surface area contributed by atoms with Gasteiger partial charge in [0.05, 0.1) is 18.0 Å². The maximum absolute atomic E-state index is 13.3. The van der Waals surface area contributed by atoms with Crippen LogP contribution in [0.15, 0.2) is 28.8 Å². The number of amides is 1. The summed E-state index contributed by atoms with van der Waals surface area (Å²) in [7, 11) is 0. The first kappa shape index (κ1) is 13.6. The van der Waals surface area contributed by atoms with Gasteiger partial charge in [0.15, 0.2) is 0 Å². The van der Waals surface area contributed by atoms with Gasteiger partial charge < -0.3 is 14.6 Å². The molecular weight excluding hydrogens is 275 g/mol. The standard InChI is InChI=1S/C15H15FN2O3/c1-9-6-14(21-18-9)15(19)17-12-5-4-11(16)7-13(12)20-8-10-2-3-10/h4-7,10H,2-3,8H2,1H3,(H,17,19). The van der Waals surface area contributed by atoms with E-state index in [9.17, 15) is 9.18 Å². The van der Waals surface area contributed by atoms with Gasteiger partial charge >= 0.3 is 0 Å². The molecule has 1 heterocycles. The lowest BCUT2D eigenvalue weighted by Crippen LogP contribution is -2.12. The molecule has 0 unspecified atom stereocenters. The van der Waals surface area contributed by atoms with Crippen molar-refractivity contribution in [3.63, 3.8) is 0 Å². The number of aromatic nitrogens is 1. The molecule has 1 aliphatic rings. The van der Waals surface area contributed by atoms with E-state index in [-0.39, 0.29) is 5.76 Å². The van der Waals surface area contributed by atoms with E-state index in [1.54, 1.807) is 6.92 Å². The monoisotopic (exact) mass is 290 g/mol. The topological polar surface area (TPSA) is 64.4 Å². The molecule has 2 aromatic rings. The van der Waals surface area contributed by atoms with Crippen LogP contribution < -0.4 is 10.1 Å². The number of ether oxygens (including phenoxy) is 1. The van der Waals surface area contributed by atoms with Gasteiger partial charge in [0.2, 0.25) is 5.76 Å². The van der Waals surface area contributed by atoms with E-state index in [2.05, 4.69) is 10.5 Å². The lowest BCUT2D eigenvalue weighted by atomic mass is 10.2. The summed E-state index contributed by atoms with van der Waals surface area (Å²) in [5.41, 5.74) is 1.03. The molecule has 0 atom stereocenters. The molecule has 1 saturated carbocycles. The number of nitrogens with zero attached hydrogens (tertiary/aromatic N) is 1. The molecule has 110 valence electrons. The molecule has 1 aromatic heterocycles. The third-order valence-electron chi connectivity index (χ3n) is 3.22. The summed E-state index contributed by atoms with van der Waals surface area (Å²) in [4.78, 5) is 12.0. The van der Waals surface area contributed by atoms with Crippen LogP contribution in [0.25, 0.3) is 0 Å². The Hall–Kier alpha value is -2.37. The Balaban J connectivity index is 1.75. The van der Waals surface area contributed by atoms with Gasteiger partial charge in [-0.2, -0.15) is 0 Å². The molecule has 1 N–H and O–H groups in total. The summed E-state index contributed by atoms with van der Waals surface area (Å²) in [6, 6.07) is 5.54. The third-order valence-corrected chi connectivity index (χ3v) is 3.22. The molecule has 0 aliphatic heterocycles. The molecule has 0 spiro atoms. The summed E-state index contributed by atoms with van der Waals surface area (Å²) < 4.78 is 23.8. The van der Waals surface area contributed by atoms with Crippen molar-refractivity contribution in [2.24, 2.45) is 5.92 Å². The predicted molar refractivity (Wildman–Crippen MR) is 73.8 cm³/mol. The Kier molecular flexibility index (Phi) is 3.60. The fraction of sp³-hybridized carbons (Fsp3) is 0.333. The zero-order valence-electron chi connectivity index (χ0n) is 11.6. The number of nitrogens with one attached hydrogen (secondary N) is 1. The second-order valence-corrected chi connectivity index (χ2v) is 5.18. The Morgan fingerprint density at radius 2 is 2.29 bits per heavy atom. The van der Waals surface area contributed by atoms with Gasteiger partial charge in [-0.3, -0.25) is 4.79 Å². The van der Waals surface area contributed by atoms with Crippen molar-refractivity contribution in [1.29, 1.82) is 0 Å². The minimum atomic E-state index is -0.446. The van der Waals surface area contributed by atoms with Gasteiger partial charge in [0, 0.05) is 12.1 Å². The van der Waals surface area contributed by atoms with E-state index < -0.39 is 11.7 Å². The quantitative estimate of drug-likeness (QED) is 0.918. The number of hydrogen-bond acceptors (Lipinski definition) is 4. The minimum Gasteiger partial charge on any atom is -0.491 e. The van der Waals surface area contributed by atoms with E-state index in [0.717, 1.165) is 12.8 Å². The molecule has 0 saturated heterocycles. The second kappa shape index (κ2) is 5.55. The number of aryl methyl sites for hydroxylation is 1. The highest BCUT2D eigenvalue weighted by Gasteiger charge is 2.23. The lowest BCUT2D eigenvalue weighted by molar-refractivity contribution is 0.0987. The first-order chi connectivity index (χ1) is 10.1. The lowest BCUT2D eigenvalue weighted by Gasteiger charge is -2.11. The molecule has 1 aliphatic carbocycles. The summed E-state index contributed by atoms with van der Waals surface area (Å²) in [6.45, 7) is 2.26. The van der Waals surface area contributed by atoms with Gasteiger partial charge in [0.25, 0.3) is 5.91 Å². The second-order valence-electron chi connectivity index (χ2n) is 5.18. The fourth-order valence-corrected chi connectivity index (χ4v) is 1.87. The summed E-state index contributed by atoms with van der Waals surface area (Å²) >= 11 is 0. The molecule has 1 amide bonds. The highest BCUT2D eigenvalue weighted by Crippen LogP contribution is 2.32. The predicted octanol–water partition coefficient (Wildman–Crippen LogP) is 3.16. The molecule has 0 bridgehead atoms. The minimum absolute atomic E-state index is 0.102. The van der Waals surface area contributed by atoms with Crippen molar-refractivity contribution < 1.29 is 18.4 Å². The van der Waals surface area contributed by atoms with E-state index >= 15 is 0 Å². The molecule has 6 heteroatoms. The summed E-state index contributed by atoms with van der Waals surface area (Å²) in [5, 5.41) is 6.30. The molecular formula is C15H15FN2O3. The van der Waals surface area contributed by atoms with Crippen molar-refractivity contribution in [1.82, 2.24) is 5.16 Å². The Bertz CT molecular complexity index is 665. The number of rotatable bonds is 5. The number of carbonyl (C=O) groups is 1. The molecule has 0 radical (unpaired) electrons. The smallest absolute Gasteiger partial charge is 0.294 e. The van der Waals surface area contributed by atoms with Crippen LogP contribution in [0.5, 0.6) is 5.75 Å². The van der Waals surface area contributed by atoms with Crippen molar-refractivity contribution in [2.45, 2.75) is 19.8 Å². The maximum Gasteiger partial charge on any atom is 0.294 e. The summed E-state index contributed by atoms with van der Waals surface area (Å²) in [5.74, 6) is 0.109. The first-order valence-electron chi connectivity index (χ1n) is 6.79. The van der Waals surface area contributed by atoms with E-state index in [0.29, 0.717) is 29.7 Å². The van der Waals surface area contributed by atoms with Gasteiger partial charge in [-0.25, -0.2) is 4.39 Å². The van der Waals surface area contributed by atoms with Gasteiger partial charge in [-0.1, -0.05) is 5.16 Å². The van der Waals surface area contributed by atoms with Crippen LogP contribution in [0.1, 0.15) is 29.1 Å². The van der Waals surface area contributed by atoms with Crippen molar-refractivity contribution in [2.75, 3.05) is 11.9 Å². The van der Waals surface area contributed by atoms with Crippen molar-refractivity contribution in [3.05, 3.63) is 41.5 Å². The van der Waals surface area contributed by atoms with E-state index in [4.69, 9.17) is 9.26 Å². The van der Waals surface area contributed by atoms with Crippen LogP contribution in [0.3, 0.4) is 0 Å². The van der Waals surface area contributed by atoms with Crippen LogP contribution in [0, 0.1) is 18.7 Å². The molecule has 21 heavy (non-hydrogen) atoms. The van der Waals surface area contributed by atoms with Crippen molar-refractivity contribution in [3.8, 4) is 5.75 Å². The number of halogens is 1. The molecule has 1 fully saturated rings. The van der Waals surface area contributed by atoms with Crippen LogP contribution in [-0.4, -0.2) is 17.7 Å². The van der Waals surface area contributed by atoms with Gasteiger partial charge in [-0.05, 0) is 37.8 Å². The van der Waals surface area contributed by atoms with Gasteiger partial charge in [-0.15, -0.1) is 0 Å². The van der Waals surface area contributed by atoms with Gasteiger partial charge in [0.1, 0.15) is 11.6 Å². The number of anilines is 1. The average molecular weight is 290 g/mol. The number of hydrogen-bond donors (Lipinski definition) is 1. The molecule has 1 aromatic carbocycles. The zero-order chi connectivity index (χ0) is 14.8. The maximum atomic E-state index is 13.3. The number of carbonyl (C=O) groups excluding carboxylic acids is 1. The van der Waals surface area contributed by atoms with Crippen LogP contribution in [0.4, 0.5) is 10.1 Å². The van der Waals surface area contributed by atoms with Crippen LogP contribution >= 0.6 is 0 Å². The molecule has 3 rings (SSSR count). The highest BCUT2D eigenvalue weighted by atomic mass is 19.1. The largest absolute Gasteiger partial charge is 0.491 e. The molecule has 5 nitrogen and oxygen atoms in total. The normalized spacial score (nSPS) is 14.0. The third kappa shape index (κ3) is 3.39. The highest BCUT2D eigenvalue weighted by molar-refractivity contribution is 6.03. The zero-order valence-corrected chi connectivity index (χ0v) is 11.6. The Morgan fingerprint density at radius 3 is 2.95 bits per heavy atom. The van der Waals surface area contributed by atoms with Crippen LogP contribution in [0.2, 0.25) is 0 Å². The fourth-order valence-electron chi connectivity index (χ4n) is 1.87.